The Kier molecular flexibility index (Phi) is 4.33. The number of benzene rings is 1. The number of aromatic nitrogens is 4. The second-order valence-corrected chi connectivity index (χ2v) is 6.15. The summed E-state index contributed by atoms with van der Waals surface area (Å²) in [7, 11) is 0. The van der Waals surface area contributed by atoms with Gasteiger partial charge in [-0.2, -0.15) is 18.3 Å². The molecule has 0 radical (unpaired) electrons. The first kappa shape index (κ1) is 17.1. The van der Waals surface area contributed by atoms with Crippen LogP contribution >= 0.6 is 11.8 Å². The van der Waals surface area contributed by atoms with Gasteiger partial charge < -0.3 is 14.8 Å². The Bertz CT molecular complexity index is 935. The lowest BCUT2D eigenvalue weighted by atomic mass is 10.2. The van der Waals surface area contributed by atoms with E-state index < -0.39 is 17.9 Å². The van der Waals surface area contributed by atoms with Gasteiger partial charge in [0.15, 0.2) is 5.75 Å². The first-order valence-electron chi connectivity index (χ1n) is 6.97. The molecule has 2 heterocycles. The lowest BCUT2D eigenvalue weighted by Crippen LogP contribution is -2.06. The summed E-state index contributed by atoms with van der Waals surface area (Å²) in [5, 5.41) is 12.4. The number of H-pyrrole nitrogens is 1. The van der Waals surface area contributed by atoms with Gasteiger partial charge in [-0.1, -0.05) is 6.92 Å². The van der Waals surface area contributed by atoms with Crippen LogP contribution in [0.4, 0.5) is 18.0 Å². The first-order chi connectivity index (χ1) is 11.8. The molecule has 0 aliphatic carbocycles. The molecule has 11 heteroatoms. The van der Waals surface area contributed by atoms with Crippen LogP contribution in [0, 0.1) is 0 Å². The largest absolute Gasteiger partial charge is 0.511 e. The average molecular weight is 372 g/mol. The van der Waals surface area contributed by atoms with E-state index in [0.29, 0.717) is 11.3 Å². The number of alkyl halides is 3. The van der Waals surface area contributed by atoms with Crippen LogP contribution in [0.15, 0.2) is 29.4 Å². The van der Waals surface area contributed by atoms with Crippen molar-refractivity contribution in [2.45, 2.75) is 18.0 Å². The molecule has 3 aromatic rings. The van der Waals surface area contributed by atoms with Gasteiger partial charge in [-0.25, -0.2) is 14.5 Å². The molecular formula is C14H11F3N4O3S. The van der Waals surface area contributed by atoms with E-state index in [9.17, 15) is 18.0 Å². The van der Waals surface area contributed by atoms with Crippen molar-refractivity contribution < 1.29 is 27.8 Å². The van der Waals surface area contributed by atoms with Crippen LogP contribution in [-0.4, -0.2) is 36.8 Å². The Balaban J connectivity index is 2.04. The number of halogens is 3. The summed E-state index contributed by atoms with van der Waals surface area (Å²) >= 11 is 1.08. The lowest BCUT2D eigenvalue weighted by molar-refractivity contribution is -0.139. The number of rotatable bonds is 4. The van der Waals surface area contributed by atoms with E-state index in [1.165, 1.54) is 16.9 Å². The highest BCUT2D eigenvalue weighted by molar-refractivity contribution is 7.99. The fourth-order valence-corrected chi connectivity index (χ4v) is 3.04. The predicted molar refractivity (Wildman–Crippen MR) is 83.3 cm³/mol. The average Bonchev–Trinajstić information content (AvgIpc) is 3.11. The zero-order chi connectivity index (χ0) is 18.2. The maximum atomic E-state index is 13.2. The van der Waals surface area contributed by atoms with E-state index in [1.54, 1.807) is 6.92 Å². The molecule has 0 spiro atoms. The Hall–Kier alpha value is -2.69. The highest BCUT2D eigenvalue weighted by Crippen LogP contribution is 2.38. The minimum Gasteiger partial charge on any atom is -0.449 e. The number of imidazole rings is 1. The Labute approximate surface area is 142 Å². The number of hydrogen-bond donors (Lipinski definition) is 2. The molecule has 3 rings (SSSR count). The summed E-state index contributed by atoms with van der Waals surface area (Å²) in [6.07, 6.45) is -3.58. The van der Waals surface area contributed by atoms with Crippen LogP contribution in [-0.2, 0) is 6.18 Å². The standard InChI is InChI=1S/C14H11F3N4O3S/c1-2-25-11-4-10-9(3-8(11)14(15,16)17)19-12(20-10)21-6-7(5-18-21)24-13(22)23/h3-6H,2H2,1H3,(H,19,20)(H,22,23). The molecule has 2 aromatic heterocycles. The monoisotopic (exact) mass is 372 g/mol. The minimum absolute atomic E-state index is 0.0360. The number of hydrogen-bond acceptors (Lipinski definition) is 5. The highest BCUT2D eigenvalue weighted by atomic mass is 32.2. The van der Waals surface area contributed by atoms with E-state index in [-0.39, 0.29) is 22.1 Å². The van der Waals surface area contributed by atoms with Gasteiger partial charge in [-0.15, -0.1) is 11.8 Å². The Morgan fingerprint density at radius 1 is 1.44 bits per heavy atom. The number of thioether (sulfide) groups is 1. The quantitative estimate of drug-likeness (QED) is 0.532. The Morgan fingerprint density at radius 2 is 2.20 bits per heavy atom. The van der Waals surface area contributed by atoms with E-state index in [4.69, 9.17) is 5.11 Å². The second-order valence-electron chi connectivity index (χ2n) is 4.85. The lowest BCUT2D eigenvalue weighted by Gasteiger charge is -2.11. The third-order valence-corrected chi connectivity index (χ3v) is 4.09. The molecule has 0 bridgehead atoms. The molecule has 25 heavy (non-hydrogen) atoms. The number of nitrogens with one attached hydrogen (secondary N) is 1. The molecule has 0 unspecified atom stereocenters. The maximum Gasteiger partial charge on any atom is 0.511 e. The minimum atomic E-state index is -4.48. The normalized spacial score (nSPS) is 11.8. The third kappa shape index (κ3) is 3.55. The number of nitrogens with zero attached hydrogens (tertiary/aromatic N) is 3. The fraction of sp³-hybridized carbons (Fsp3) is 0.214. The van der Waals surface area contributed by atoms with Crippen molar-refractivity contribution in [1.82, 2.24) is 19.7 Å². The summed E-state index contributed by atoms with van der Waals surface area (Å²) in [5.41, 5.74) is -0.202. The first-order valence-corrected chi connectivity index (χ1v) is 7.96. The number of ether oxygens (including phenoxy) is 1. The molecular weight excluding hydrogens is 361 g/mol. The van der Waals surface area contributed by atoms with Gasteiger partial charge in [0, 0.05) is 4.90 Å². The van der Waals surface area contributed by atoms with Gasteiger partial charge in [0.1, 0.15) is 0 Å². The van der Waals surface area contributed by atoms with Crippen LogP contribution < -0.4 is 4.74 Å². The van der Waals surface area contributed by atoms with Gasteiger partial charge in [0.05, 0.1) is 29.0 Å². The van der Waals surface area contributed by atoms with Gasteiger partial charge in [0.25, 0.3) is 0 Å². The van der Waals surface area contributed by atoms with Crippen molar-refractivity contribution >= 4 is 29.0 Å². The van der Waals surface area contributed by atoms with Crippen molar-refractivity contribution in [3.63, 3.8) is 0 Å². The van der Waals surface area contributed by atoms with Crippen LogP contribution in [0.5, 0.6) is 5.75 Å². The second kappa shape index (κ2) is 6.31. The van der Waals surface area contributed by atoms with Crippen molar-refractivity contribution in [3.05, 3.63) is 30.1 Å². The summed E-state index contributed by atoms with van der Waals surface area (Å²) in [4.78, 5) is 17.5. The van der Waals surface area contributed by atoms with Gasteiger partial charge in [-0.3, -0.25) is 0 Å². The van der Waals surface area contributed by atoms with Crippen molar-refractivity contribution in [2.75, 3.05) is 5.75 Å². The van der Waals surface area contributed by atoms with E-state index >= 15 is 0 Å². The molecule has 132 valence electrons. The SMILES string of the molecule is CCSc1cc2nc(-n3cc(OC(=O)O)cn3)[nH]c2cc1C(F)(F)F. The topological polar surface area (TPSA) is 93.0 Å². The zero-order valence-corrected chi connectivity index (χ0v) is 13.5. The third-order valence-electron chi connectivity index (χ3n) is 3.16. The number of aromatic amines is 1. The summed E-state index contributed by atoms with van der Waals surface area (Å²) in [5.74, 6) is 0.592. The van der Waals surface area contributed by atoms with Crippen molar-refractivity contribution in [2.24, 2.45) is 0 Å². The molecule has 0 atom stereocenters. The molecule has 0 saturated heterocycles. The predicted octanol–water partition coefficient (Wildman–Crippen LogP) is 3.94. The van der Waals surface area contributed by atoms with Crippen LogP contribution in [0.25, 0.3) is 17.0 Å². The van der Waals surface area contributed by atoms with Gasteiger partial charge in [0.2, 0.25) is 5.95 Å². The van der Waals surface area contributed by atoms with E-state index in [0.717, 1.165) is 24.0 Å². The zero-order valence-electron chi connectivity index (χ0n) is 12.7. The van der Waals surface area contributed by atoms with Crippen molar-refractivity contribution in [1.29, 1.82) is 0 Å². The molecule has 7 nitrogen and oxygen atoms in total. The van der Waals surface area contributed by atoms with Crippen molar-refractivity contribution in [3.8, 4) is 11.7 Å². The molecule has 1 aromatic carbocycles. The van der Waals surface area contributed by atoms with E-state index in [2.05, 4.69) is 19.8 Å². The summed E-state index contributed by atoms with van der Waals surface area (Å²) in [6.45, 7) is 1.76. The van der Waals surface area contributed by atoms with E-state index in [1.807, 2.05) is 0 Å². The summed E-state index contributed by atoms with van der Waals surface area (Å²) in [6, 6.07) is 2.37. The molecule has 0 fully saturated rings. The number of fused-ring (bicyclic) bond motifs is 1. The van der Waals surface area contributed by atoms with Gasteiger partial charge in [-0.05, 0) is 17.9 Å². The van der Waals surface area contributed by atoms with Crippen LogP contribution in [0.3, 0.4) is 0 Å². The van der Waals surface area contributed by atoms with Crippen LogP contribution in [0.1, 0.15) is 12.5 Å². The molecule has 2 N–H and O–H groups in total. The van der Waals surface area contributed by atoms with Crippen LogP contribution in [0.2, 0.25) is 0 Å². The smallest absolute Gasteiger partial charge is 0.449 e. The molecule has 0 amide bonds. The fourth-order valence-electron chi connectivity index (χ4n) is 2.20. The maximum absolute atomic E-state index is 13.2. The molecule has 0 saturated carbocycles. The summed E-state index contributed by atoms with van der Waals surface area (Å²) < 4.78 is 45.3. The van der Waals surface area contributed by atoms with Gasteiger partial charge >= 0.3 is 12.3 Å². The molecule has 0 aliphatic heterocycles. The molecule has 0 aliphatic rings. The number of carboxylic acid groups (broad SMARTS) is 1. The Morgan fingerprint density at radius 3 is 2.84 bits per heavy atom. The highest BCUT2D eigenvalue weighted by Gasteiger charge is 2.34. The number of carbonyl (C=O) groups is 1.